The molecule has 1 aliphatic rings. The summed E-state index contributed by atoms with van der Waals surface area (Å²) >= 11 is 0. The highest BCUT2D eigenvalue weighted by atomic mass is 17.2. The molecule has 13 nitrogen and oxygen atoms in total. The fourth-order valence-corrected chi connectivity index (χ4v) is 3.01. The number of rotatable bonds is 7. The zero-order valence-electron chi connectivity index (χ0n) is 17.7. The molecule has 1 aliphatic heterocycles. The molecule has 0 amide bonds. The second-order valence-electron chi connectivity index (χ2n) is 7.20. The number of hydrogen-bond acceptors (Lipinski definition) is 13. The molecule has 184 valence electrons. The monoisotopic (exact) mass is 482 g/mol. The molecule has 6 N–H and O–H groups in total. The van der Waals surface area contributed by atoms with Gasteiger partial charge in [0.05, 0.1) is 19.3 Å². The lowest BCUT2D eigenvalue weighted by molar-refractivity contribution is -0.311. The van der Waals surface area contributed by atoms with Crippen LogP contribution in [0.4, 0.5) is 0 Å². The van der Waals surface area contributed by atoms with E-state index in [1.807, 2.05) is 0 Å². The summed E-state index contributed by atoms with van der Waals surface area (Å²) in [4.78, 5) is 33.9. The van der Waals surface area contributed by atoms with Crippen molar-refractivity contribution in [1.82, 2.24) is 0 Å². The molecule has 0 aromatic heterocycles. The lowest BCUT2D eigenvalue weighted by atomic mass is 10.0. The first kappa shape index (κ1) is 24.9. The van der Waals surface area contributed by atoms with Crippen LogP contribution in [0, 0.1) is 0 Å². The molecular formula is C21H22O13. The zero-order valence-corrected chi connectivity index (χ0v) is 17.7. The van der Waals surface area contributed by atoms with Gasteiger partial charge in [-0.05, 0) is 24.3 Å². The highest BCUT2D eigenvalue weighted by Crippen LogP contribution is 2.35. The van der Waals surface area contributed by atoms with Crippen molar-refractivity contribution in [2.24, 2.45) is 0 Å². The van der Waals surface area contributed by atoms with E-state index >= 15 is 0 Å². The van der Waals surface area contributed by atoms with Crippen LogP contribution in [0.5, 0.6) is 28.7 Å². The topological polar surface area (TPSA) is 202 Å². The number of methoxy groups -OCH3 is 1. The maximum absolute atomic E-state index is 12.1. The van der Waals surface area contributed by atoms with Gasteiger partial charge in [-0.15, -0.1) is 0 Å². The molecule has 0 spiro atoms. The molecule has 4 unspecified atom stereocenters. The van der Waals surface area contributed by atoms with Gasteiger partial charge >= 0.3 is 11.9 Å². The lowest BCUT2D eigenvalue weighted by Gasteiger charge is -2.36. The summed E-state index contributed by atoms with van der Waals surface area (Å²) in [5.41, 5.74) is -0.449. The van der Waals surface area contributed by atoms with Crippen LogP contribution in [-0.4, -0.2) is 87.3 Å². The molecule has 1 heterocycles. The van der Waals surface area contributed by atoms with Crippen molar-refractivity contribution in [3.8, 4) is 28.7 Å². The average molecular weight is 482 g/mol. The van der Waals surface area contributed by atoms with E-state index in [9.17, 15) is 40.2 Å². The molecule has 1 fully saturated rings. The number of carbonyl (C=O) groups is 2. The molecule has 3 rings (SSSR count). The van der Waals surface area contributed by atoms with Gasteiger partial charge in [0.1, 0.15) is 36.2 Å². The number of ether oxygens (including phenoxy) is 3. The number of aromatic hydroxyl groups is 4. The Morgan fingerprint density at radius 3 is 2.29 bits per heavy atom. The molecule has 4 atom stereocenters. The quantitative estimate of drug-likeness (QED) is 0.133. The second kappa shape index (κ2) is 10.4. The zero-order chi connectivity index (χ0) is 25.0. The number of benzene rings is 2. The van der Waals surface area contributed by atoms with Crippen LogP contribution in [0.3, 0.4) is 0 Å². The van der Waals surface area contributed by atoms with Gasteiger partial charge in [0.25, 0.3) is 0 Å². The maximum atomic E-state index is 12.1. The van der Waals surface area contributed by atoms with Crippen molar-refractivity contribution in [3.05, 3.63) is 41.5 Å². The Morgan fingerprint density at radius 1 is 0.971 bits per heavy atom. The number of phenols is 4. The minimum Gasteiger partial charge on any atom is -0.507 e. The first-order valence-corrected chi connectivity index (χ1v) is 9.76. The predicted molar refractivity (Wildman–Crippen MR) is 108 cm³/mol. The Bertz CT molecular complexity index is 1030. The van der Waals surface area contributed by atoms with Gasteiger partial charge in [-0.1, -0.05) is 0 Å². The molecule has 2 aromatic rings. The highest BCUT2D eigenvalue weighted by Gasteiger charge is 2.41. The molecule has 0 saturated carbocycles. The normalized spacial score (nSPS) is 22.1. The number of esters is 2. The highest BCUT2D eigenvalue weighted by molar-refractivity contribution is 5.92. The summed E-state index contributed by atoms with van der Waals surface area (Å²) in [6.07, 6.45) is -5.38. The van der Waals surface area contributed by atoms with E-state index in [1.165, 1.54) is 12.1 Å². The van der Waals surface area contributed by atoms with Crippen LogP contribution < -0.4 is 4.89 Å². The van der Waals surface area contributed by atoms with E-state index in [2.05, 4.69) is 4.74 Å². The van der Waals surface area contributed by atoms with Crippen molar-refractivity contribution in [3.63, 3.8) is 0 Å². The minimum atomic E-state index is -1.55. The lowest BCUT2D eigenvalue weighted by Crippen LogP contribution is -2.55. The smallest absolute Gasteiger partial charge is 0.341 e. The Balaban J connectivity index is 1.54. The number of aliphatic hydroxyl groups excluding tert-OH is 2. The van der Waals surface area contributed by atoms with E-state index in [0.29, 0.717) is 0 Å². The molecular weight excluding hydrogens is 460 g/mol. The van der Waals surface area contributed by atoms with Crippen molar-refractivity contribution in [2.45, 2.75) is 24.4 Å². The van der Waals surface area contributed by atoms with Crippen LogP contribution >= 0.6 is 0 Å². The third-order valence-electron chi connectivity index (χ3n) is 4.91. The minimum absolute atomic E-state index is 0.00338. The Hall–Kier alpha value is -3.78. The number of hydrogen-bond donors (Lipinski definition) is 6. The molecule has 13 heteroatoms. The van der Waals surface area contributed by atoms with E-state index in [0.717, 1.165) is 25.3 Å². The number of aliphatic hydroxyl groups is 2. The molecule has 0 bridgehead atoms. The number of carbonyl (C=O) groups excluding carboxylic acids is 2. The molecule has 0 radical (unpaired) electrons. The van der Waals surface area contributed by atoms with Crippen molar-refractivity contribution in [1.29, 1.82) is 0 Å². The van der Waals surface area contributed by atoms with E-state index in [-0.39, 0.29) is 29.2 Å². The molecule has 0 aliphatic carbocycles. The van der Waals surface area contributed by atoms with Gasteiger partial charge in [-0.2, -0.15) is 4.89 Å². The Labute approximate surface area is 191 Å². The molecule has 2 aromatic carbocycles. The largest absolute Gasteiger partial charge is 0.507 e. The average Bonchev–Trinajstić information content (AvgIpc) is 2.82. The van der Waals surface area contributed by atoms with Gasteiger partial charge < -0.3 is 49.7 Å². The van der Waals surface area contributed by atoms with Gasteiger partial charge in [0.15, 0.2) is 29.1 Å². The van der Waals surface area contributed by atoms with E-state index in [4.69, 9.17) is 19.2 Å². The van der Waals surface area contributed by atoms with Gasteiger partial charge in [-0.3, -0.25) is 0 Å². The predicted octanol–water partition coefficient (Wildman–Crippen LogP) is -0.0478. The SMILES string of the molecule is COC(=O)c1cc(OOC2COC(COC(=O)c3cc(O)c(O)c(O)c3)C(O)C2O)ccc1O. The van der Waals surface area contributed by atoms with Crippen LogP contribution in [0.25, 0.3) is 0 Å². The summed E-state index contributed by atoms with van der Waals surface area (Å²) in [7, 11) is 1.13. The van der Waals surface area contributed by atoms with Gasteiger partial charge in [0, 0.05) is 6.07 Å². The van der Waals surface area contributed by atoms with Crippen LogP contribution in [0.1, 0.15) is 20.7 Å². The summed E-state index contributed by atoms with van der Waals surface area (Å²) in [6, 6.07) is 5.36. The van der Waals surface area contributed by atoms with Gasteiger partial charge in [-0.25, -0.2) is 9.59 Å². The first-order valence-electron chi connectivity index (χ1n) is 9.76. The summed E-state index contributed by atoms with van der Waals surface area (Å²) < 4.78 is 14.9. The van der Waals surface area contributed by atoms with E-state index < -0.39 is 60.2 Å². The Kier molecular flexibility index (Phi) is 7.63. The third-order valence-corrected chi connectivity index (χ3v) is 4.91. The molecule has 34 heavy (non-hydrogen) atoms. The number of phenolic OH excluding ortho intramolecular Hbond substituents is 4. The third kappa shape index (κ3) is 5.40. The molecule has 1 saturated heterocycles. The first-order chi connectivity index (χ1) is 16.1. The summed E-state index contributed by atoms with van der Waals surface area (Å²) in [6.45, 7) is -0.767. The maximum Gasteiger partial charge on any atom is 0.341 e. The Morgan fingerprint density at radius 2 is 1.65 bits per heavy atom. The van der Waals surface area contributed by atoms with Crippen molar-refractivity contribution >= 4 is 11.9 Å². The van der Waals surface area contributed by atoms with E-state index in [1.54, 1.807) is 0 Å². The van der Waals surface area contributed by atoms with Crippen molar-refractivity contribution in [2.75, 3.05) is 20.3 Å². The van der Waals surface area contributed by atoms with Gasteiger partial charge in [0.2, 0.25) is 0 Å². The van der Waals surface area contributed by atoms with Crippen LogP contribution in [0.2, 0.25) is 0 Å². The van der Waals surface area contributed by atoms with Crippen LogP contribution in [-0.2, 0) is 19.1 Å². The summed E-state index contributed by atoms with van der Waals surface area (Å²) in [5, 5.41) is 58.6. The summed E-state index contributed by atoms with van der Waals surface area (Å²) in [5.74, 6) is -4.41. The standard InChI is InChI=1S/C21H22O13/c1-30-21(29)11-6-10(2-3-12(11)22)33-34-16-8-31-15(18(26)19(16)27)7-32-20(28)9-4-13(23)17(25)14(24)5-9/h2-6,15-16,18-19,22-27H,7-8H2,1H3. The fraction of sp³-hybridized carbons (Fsp3) is 0.333. The van der Waals surface area contributed by atoms with Crippen LogP contribution in [0.15, 0.2) is 30.3 Å². The van der Waals surface area contributed by atoms with Crippen molar-refractivity contribution < 1.29 is 64.2 Å². The fourth-order valence-electron chi connectivity index (χ4n) is 3.01. The second-order valence-corrected chi connectivity index (χ2v) is 7.20.